The molecule has 36 heavy (non-hydrogen) atoms. The third-order valence-electron chi connectivity index (χ3n) is 6.49. The van der Waals surface area contributed by atoms with Gasteiger partial charge in [-0.1, -0.05) is 36.4 Å². The minimum Gasteiger partial charge on any atom is -0.497 e. The van der Waals surface area contributed by atoms with Crippen molar-refractivity contribution >= 4 is 33.3 Å². The van der Waals surface area contributed by atoms with E-state index in [1.54, 1.807) is 13.3 Å². The van der Waals surface area contributed by atoms with Gasteiger partial charge in [-0.3, -0.25) is 18.7 Å². The Morgan fingerprint density at radius 3 is 2.50 bits per heavy atom. The highest BCUT2D eigenvalue weighted by Gasteiger charge is 2.16. The summed E-state index contributed by atoms with van der Waals surface area (Å²) in [6.07, 6.45) is 4.50. The van der Waals surface area contributed by atoms with E-state index in [1.807, 2.05) is 94.0 Å². The predicted octanol–water partition coefficient (Wildman–Crippen LogP) is 5.06. The predicted molar refractivity (Wildman–Crippen MR) is 143 cm³/mol. The van der Waals surface area contributed by atoms with Crippen molar-refractivity contribution in [3.05, 3.63) is 113 Å². The third kappa shape index (κ3) is 3.94. The lowest BCUT2D eigenvalue weighted by Crippen LogP contribution is -2.22. The Balaban J connectivity index is 1.45. The fourth-order valence-electron chi connectivity index (χ4n) is 4.63. The largest absolute Gasteiger partial charge is 0.497 e. The lowest BCUT2D eigenvalue weighted by atomic mass is 10.1. The molecular weight excluding hydrogens is 450 g/mol. The SMILES string of the molecule is COc1ccc(CCn2c(=O)c3ccccc3c3nc4ccc(NCc5ccccn5)cn4c32)cc1. The van der Waals surface area contributed by atoms with Crippen LogP contribution < -0.4 is 15.6 Å². The first kappa shape index (κ1) is 21.9. The molecule has 0 unspecified atom stereocenters. The number of pyridine rings is 3. The van der Waals surface area contributed by atoms with Crippen LogP contribution in [0.3, 0.4) is 0 Å². The van der Waals surface area contributed by atoms with Gasteiger partial charge in [-0.2, -0.15) is 0 Å². The van der Waals surface area contributed by atoms with Crippen molar-refractivity contribution in [2.75, 3.05) is 12.4 Å². The number of aromatic nitrogens is 4. The van der Waals surface area contributed by atoms with E-state index < -0.39 is 0 Å². The Hall–Kier alpha value is -4.65. The summed E-state index contributed by atoms with van der Waals surface area (Å²) in [5.41, 5.74) is 5.41. The van der Waals surface area contributed by atoms with E-state index in [4.69, 9.17) is 9.72 Å². The lowest BCUT2D eigenvalue weighted by Gasteiger charge is -2.12. The molecule has 0 spiro atoms. The number of benzene rings is 2. The van der Waals surface area contributed by atoms with Crippen LogP contribution in [0.5, 0.6) is 5.75 Å². The monoisotopic (exact) mass is 475 g/mol. The van der Waals surface area contributed by atoms with Gasteiger partial charge in [-0.25, -0.2) is 4.98 Å². The maximum absolute atomic E-state index is 13.7. The second-order valence-electron chi connectivity index (χ2n) is 8.71. The maximum Gasteiger partial charge on any atom is 0.260 e. The van der Waals surface area contributed by atoms with Crippen LogP contribution in [0.4, 0.5) is 5.69 Å². The normalized spacial score (nSPS) is 11.4. The van der Waals surface area contributed by atoms with Crippen LogP contribution in [-0.2, 0) is 19.5 Å². The molecule has 0 bridgehead atoms. The van der Waals surface area contributed by atoms with Crippen molar-refractivity contribution < 1.29 is 4.74 Å². The van der Waals surface area contributed by atoms with Crippen LogP contribution in [0.25, 0.3) is 27.6 Å². The molecule has 0 atom stereocenters. The second kappa shape index (κ2) is 9.19. The van der Waals surface area contributed by atoms with Crippen LogP contribution >= 0.6 is 0 Å². The van der Waals surface area contributed by atoms with Crippen molar-refractivity contribution in [2.45, 2.75) is 19.5 Å². The number of aryl methyl sites for hydroxylation is 2. The number of ether oxygens (including phenoxy) is 1. The zero-order valence-electron chi connectivity index (χ0n) is 19.9. The average molecular weight is 476 g/mol. The number of fused-ring (bicyclic) bond motifs is 5. The molecule has 178 valence electrons. The Kier molecular flexibility index (Phi) is 5.58. The molecule has 4 heterocycles. The molecule has 1 N–H and O–H groups in total. The molecule has 7 nitrogen and oxygen atoms in total. The number of methoxy groups -OCH3 is 1. The van der Waals surface area contributed by atoms with Crippen molar-refractivity contribution in [1.29, 1.82) is 0 Å². The van der Waals surface area contributed by atoms with Gasteiger partial charge in [0.1, 0.15) is 22.6 Å². The van der Waals surface area contributed by atoms with Crippen LogP contribution in [0.15, 0.2) is 96.1 Å². The van der Waals surface area contributed by atoms with Crippen LogP contribution in [0.2, 0.25) is 0 Å². The second-order valence-corrected chi connectivity index (χ2v) is 8.71. The molecule has 6 rings (SSSR count). The highest BCUT2D eigenvalue weighted by molar-refractivity contribution is 6.03. The molecule has 0 saturated heterocycles. The van der Waals surface area contributed by atoms with Gasteiger partial charge in [-0.15, -0.1) is 0 Å². The van der Waals surface area contributed by atoms with Gasteiger partial charge in [0, 0.05) is 29.7 Å². The summed E-state index contributed by atoms with van der Waals surface area (Å²) in [6, 6.07) is 25.5. The first-order valence-electron chi connectivity index (χ1n) is 11.9. The fraction of sp³-hybridized carbons (Fsp3) is 0.138. The molecule has 0 aliphatic carbocycles. The highest BCUT2D eigenvalue weighted by Crippen LogP contribution is 2.25. The number of nitrogens with one attached hydrogen (secondary N) is 1. The molecule has 0 aliphatic heterocycles. The van der Waals surface area contributed by atoms with Crippen LogP contribution in [-0.4, -0.2) is 26.0 Å². The topological polar surface area (TPSA) is 73.5 Å². The molecule has 0 fully saturated rings. The summed E-state index contributed by atoms with van der Waals surface area (Å²) in [6.45, 7) is 1.14. The van der Waals surface area contributed by atoms with Gasteiger partial charge in [0.05, 0.1) is 25.0 Å². The van der Waals surface area contributed by atoms with E-state index in [0.29, 0.717) is 24.9 Å². The van der Waals surface area contributed by atoms with Crippen molar-refractivity contribution in [1.82, 2.24) is 18.9 Å². The highest BCUT2D eigenvalue weighted by atomic mass is 16.5. The number of imidazole rings is 1. The zero-order chi connectivity index (χ0) is 24.5. The molecule has 0 amide bonds. The van der Waals surface area contributed by atoms with Gasteiger partial charge in [-0.05, 0) is 54.4 Å². The van der Waals surface area contributed by atoms with Gasteiger partial charge >= 0.3 is 0 Å². The third-order valence-corrected chi connectivity index (χ3v) is 6.49. The van der Waals surface area contributed by atoms with E-state index in [9.17, 15) is 4.79 Å². The molecule has 2 aromatic carbocycles. The molecule has 0 saturated carbocycles. The minimum absolute atomic E-state index is 0.0136. The zero-order valence-corrected chi connectivity index (χ0v) is 19.9. The molecule has 6 aromatic rings. The molecule has 7 heteroatoms. The standard InChI is InChI=1S/C29H25N5O2/c1-36-23-12-9-20(10-13-23)15-17-33-28-27(24-7-2-3-8-25(24)29(33)35)32-26-14-11-22(19-34(26)28)31-18-21-6-4-5-16-30-21/h2-14,16,19,31H,15,17-18H2,1H3. The minimum atomic E-state index is -0.0136. The Morgan fingerprint density at radius 1 is 0.917 bits per heavy atom. The van der Waals surface area contributed by atoms with E-state index in [0.717, 1.165) is 44.9 Å². The smallest absolute Gasteiger partial charge is 0.260 e. The van der Waals surface area contributed by atoms with Crippen molar-refractivity contribution in [3.8, 4) is 5.75 Å². The Labute approximate surface area is 207 Å². The van der Waals surface area contributed by atoms with E-state index >= 15 is 0 Å². The summed E-state index contributed by atoms with van der Waals surface area (Å²) in [5, 5.41) is 4.98. The van der Waals surface area contributed by atoms with Crippen LogP contribution in [0.1, 0.15) is 11.3 Å². The average Bonchev–Trinajstić information content (AvgIpc) is 3.32. The number of hydrogen-bond acceptors (Lipinski definition) is 5. The van der Waals surface area contributed by atoms with Gasteiger partial charge in [0.2, 0.25) is 0 Å². The molecule has 0 radical (unpaired) electrons. The van der Waals surface area contributed by atoms with E-state index in [2.05, 4.69) is 10.3 Å². The lowest BCUT2D eigenvalue weighted by molar-refractivity contribution is 0.414. The number of anilines is 1. The first-order chi connectivity index (χ1) is 17.7. The summed E-state index contributed by atoms with van der Waals surface area (Å²) >= 11 is 0. The first-order valence-corrected chi connectivity index (χ1v) is 11.9. The van der Waals surface area contributed by atoms with Gasteiger partial charge < -0.3 is 10.1 Å². The maximum atomic E-state index is 13.7. The van der Waals surface area contributed by atoms with Crippen LogP contribution in [0, 0.1) is 0 Å². The summed E-state index contributed by atoms with van der Waals surface area (Å²) in [5.74, 6) is 0.816. The van der Waals surface area contributed by atoms with E-state index in [-0.39, 0.29) is 5.56 Å². The Morgan fingerprint density at radius 2 is 1.72 bits per heavy atom. The molecule has 4 aromatic heterocycles. The molecular formula is C29H25N5O2. The van der Waals surface area contributed by atoms with Gasteiger partial charge in [0.15, 0.2) is 0 Å². The molecule has 0 aliphatic rings. The summed E-state index contributed by atoms with van der Waals surface area (Å²) < 4.78 is 9.14. The number of rotatable bonds is 7. The van der Waals surface area contributed by atoms with E-state index in [1.165, 1.54) is 0 Å². The van der Waals surface area contributed by atoms with Crippen molar-refractivity contribution in [2.24, 2.45) is 0 Å². The summed E-state index contributed by atoms with van der Waals surface area (Å²) in [4.78, 5) is 23.0. The summed E-state index contributed by atoms with van der Waals surface area (Å²) in [7, 11) is 1.66. The number of nitrogens with zero attached hydrogens (tertiary/aromatic N) is 4. The quantitative estimate of drug-likeness (QED) is 0.349. The fourth-order valence-corrected chi connectivity index (χ4v) is 4.63. The van der Waals surface area contributed by atoms with Crippen molar-refractivity contribution in [3.63, 3.8) is 0 Å². The number of hydrogen-bond donors (Lipinski definition) is 1. The van der Waals surface area contributed by atoms with Gasteiger partial charge in [0.25, 0.3) is 5.56 Å². The Bertz CT molecular complexity index is 1740.